The third-order valence-electron chi connectivity index (χ3n) is 6.37. The van der Waals surface area contributed by atoms with Gasteiger partial charge >= 0.3 is 0 Å². The maximum atomic E-state index is 13.3. The number of aliphatic hydroxyl groups excluding tert-OH is 1. The smallest absolute Gasteiger partial charge is 0.300 e. The number of aliphatic hydroxyl groups is 1. The van der Waals surface area contributed by atoms with Crippen molar-refractivity contribution in [1.29, 1.82) is 0 Å². The Morgan fingerprint density at radius 1 is 1.00 bits per heavy atom. The van der Waals surface area contributed by atoms with E-state index in [4.69, 9.17) is 4.74 Å². The lowest BCUT2D eigenvalue weighted by Gasteiger charge is -2.26. The van der Waals surface area contributed by atoms with Gasteiger partial charge in [0, 0.05) is 37.5 Å². The molecule has 5 rings (SSSR count). The molecule has 2 unspecified atom stereocenters. The Bertz CT molecular complexity index is 1300. The number of carbonyl (C=O) groups excluding carboxylic acids is 2. The van der Waals surface area contributed by atoms with E-state index in [0.717, 1.165) is 29.0 Å². The Morgan fingerprint density at radius 2 is 1.71 bits per heavy atom. The van der Waals surface area contributed by atoms with Crippen molar-refractivity contribution in [3.05, 3.63) is 95.1 Å². The lowest BCUT2D eigenvalue weighted by molar-refractivity contribution is -0.132. The molecular formula is C28H26N2O4. The number of Topliss-reactive ketones (excluding diaryl/α,β-unsaturated/α-hetero) is 1. The first-order valence-corrected chi connectivity index (χ1v) is 11.3. The fourth-order valence-corrected chi connectivity index (χ4v) is 4.69. The van der Waals surface area contributed by atoms with Crippen molar-refractivity contribution >= 4 is 28.8 Å². The maximum absolute atomic E-state index is 13.3. The Balaban J connectivity index is 1.65. The largest absolute Gasteiger partial charge is 0.507 e. The van der Waals surface area contributed by atoms with Crippen molar-refractivity contribution < 1.29 is 19.4 Å². The number of rotatable bonds is 4. The third kappa shape index (κ3) is 3.61. The van der Waals surface area contributed by atoms with Crippen molar-refractivity contribution in [1.82, 2.24) is 0 Å². The van der Waals surface area contributed by atoms with E-state index < -0.39 is 17.7 Å². The van der Waals surface area contributed by atoms with Gasteiger partial charge in [0.15, 0.2) is 0 Å². The van der Waals surface area contributed by atoms with Gasteiger partial charge in [0.2, 0.25) is 0 Å². The molecule has 0 aliphatic carbocycles. The second-order valence-electron chi connectivity index (χ2n) is 8.95. The normalized spacial score (nSPS) is 20.9. The highest BCUT2D eigenvalue weighted by Crippen LogP contribution is 2.43. The van der Waals surface area contributed by atoms with Gasteiger partial charge in [0.1, 0.15) is 17.6 Å². The summed E-state index contributed by atoms with van der Waals surface area (Å²) in [6, 6.07) is 21.4. The van der Waals surface area contributed by atoms with Crippen LogP contribution in [0.2, 0.25) is 0 Å². The molecule has 6 nitrogen and oxygen atoms in total. The summed E-state index contributed by atoms with van der Waals surface area (Å²) in [5, 5.41) is 11.4. The minimum absolute atomic E-state index is 0.0624. The molecule has 0 aromatic heterocycles. The third-order valence-corrected chi connectivity index (χ3v) is 6.37. The highest BCUT2D eigenvalue weighted by atomic mass is 16.5. The molecule has 3 aromatic rings. The second-order valence-corrected chi connectivity index (χ2v) is 8.95. The average molecular weight is 455 g/mol. The summed E-state index contributed by atoms with van der Waals surface area (Å²) in [5.74, 6) is -0.758. The minimum Gasteiger partial charge on any atom is -0.507 e. The van der Waals surface area contributed by atoms with Crippen LogP contribution in [0.3, 0.4) is 0 Å². The molecule has 6 heteroatoms. The van der Waals surface area contributed by atoms with E-state index >= 15 is 0 Å². The number of fused-ring (bicyclic) bond motifs is 1. The van der Waals surface area contributed by atoms with Gasteiger partial charge in [0.05, 0.1) is 11.6 Å². The quantitative estimate of drug-likeness (QED) is 0.352. The van der Waals surface area contributed by atoms with Crippen molar-refractivity contribution in [2.24, 2.45) is 0 Å². The highest BCUT2D eigenvalue weighted by molar-refractivity contribution is 6.51. The number of ether oxygens (including phenoxy) is 1. The first kappa shape index (κ1) is 21.8. The first-order chi connectivity index (χ1) is 16.3. The number of amides is 1. The molecule has 2 aliphatic heterocycles. The van der Waals surface area contributed by atoms with Crippen LogP contribution in [0.15, 0.2) is 78.4 Å². The summed E-state index contributed by atoms with van der Waals surface area (Å²) >= 11 is 0. The zero-order valence-electron chi connectivity index (χ0n) is 19.4. The molecule has 0 bridgehead atoms. The highest BCUT2D eigenvalue weighted by Gasteiger charge is 2.47. The number of anilines is 2. The SMILES string of the molecule is CC1Cc2cc(/C(O)=C3\C(=O)C(=O)N(c4ccc(N(C)C)cc4)C3c3ccccc3)ccc2O1. The molecule has 172 valence electrons. The van der Waals surface area contributed by atoms with Crippen molar-refractivity contribution in [2.75, 3.05) is 23.9 Å². The first-order valence-electron chi connectivity index (χ1n) is 11.3. The monoisotopic (exact) mass is 454 g/mol. The zero-order chi connectivity index (χ0) is 24.0. The summed E-state index contributed by atoms with van der Waals surface area (Å²) < 4.78 is 5.77. The van der Waals surface area contributed by atoms with Crippen LogP contribution in [-0.4, -0.2) is 37.0 Å². The summed E-state index contributed by atoms with van der Waals surface area (Å²) in [6.45, 7) is 1.99. The summed E-state index contributed by atoms with van der Waals surface area (Å²) in [5.41, 5.74) is 3.88. The molecule has 34 heavy (non-hydrogen) atoms. The van der Waals surface area contributed by atoms with Gasteiger partial charge in [-0.3, -0.25) is 14.5 Å². The Morgan fingerprint density at radius 3 is 2.38 bits per heavy atom. The number of hydrogen-bond acceptors (Lipinski definition) is 5. The molecule has 1 amide bonds. The predicted octanol–water partition coefficient (Wildman–Crippen LogP) is 4.70. The van der Waals surface area contributed by atoms with Gasteiger partial charge in [-0.2, -0.15) is 0 Å². The molecule has 0 saturated carbocycles. The number of hydrogen-bond donors (Lipinski definition) is 1. The number of carbonyl (C=O) groups is 2. The standard InChI is InChI=1S/C28H26N2O4/c1-17-15-20-16-19(9-14-23(20)34-17)26(31)24-25(18-7-5-4-6-8-18)30(28(33)27(24)32)22-12-10-21(11-13-22)29(2)3/h4-14,16-17,25,31H,15H2,1-3H3/b26-24+. The van der Waals surface area contributed by atoms with E-state index in [1.165, 1.54) is 4.90 Å². The molecule has 0 spiro atoms. The van der Waals surface area contributed by atoms with Crippen LogP contribution in [0.25, 0.3) is 5.76 Å². The van der Waals surface area contributed by atoms with E-state index in [1.54, 1.807) is 6.07 Å². The topological polar surface area (TPSA) is 70.1 Å². The van der Waals surface area contributed by atoms with Crippen LogP contribution >= 0.6 is 0 Å². The number of ketones is 1. The molecular weight excluding hydrogens is 428 g/mol. The van der Waals surface area contributed by atoms with Gasteiger partial charge in [-0.15, -0.1) is 0 Å². The van der Waals surface area contributed by atoms with Gasteiger partial charge in [-0.1, -0.05) is 30.3 Å². The summed E-state index contributed by atoms with van der Waals surface area (Å²) in [6.07, 6.45) is 0.790. The van der Waals surface area contributed by atoms with E-state index in [2.05, 4.69) is 0 Å². The van der Waals surface area contributed by atoms with Gasteiger partial charge in [0.25, 0.3) is 11.7 Å². The number of benzene rings is 3. The lowest BCUT2D eigenvalue weighted by atomic mass is 9.94. The van der Waals surface area contributed by atoms with E-state index in [0.29, 0.717) is 11.3 Å². The van der Waals surface area contributed by atoms with Crippen molar-refractivity contribution in [2.45, 2.75) is 25.5 Å². The van der Waals surface area contributed by atoms with E-state index in [9.17, 15) is 14.7 Å². The number of nitrogens with zero attached hydrogens (tertiary/aromatic N) is 2. The van der Waals surface area contributed by atoms with Crippen LogP contribution in [0, 0.1) is 0 Å². The second kappa shape index (κ2) is 8.37. The van der Waals surface area contributed by atoms with Crippen LogP contribution in [0.4, 0.5) is 11.4 Å². The Labute approximate surface area is 198 Å². The molecule has 1 N–H and O–H groups in total. The van der Waals surface area contributed by atoms with E-state index in [-0.39, 0.29) is 17.4 Å². The van der Waals surface area contributed by atoms with Crippen molar-refractivity contribution in [3.8, 4) is 5.75 Å². The average Bonchev–Trinajstić information content (AvgIpc) is 3.34. The van der Waals surface area contributed by atoms with Crippen LogP contribution in [0.5, 0.6) is 5.75 Å². The van der Waals surface area contributed by atoms with Crippen LogP contribution < -0.4 is 14.5 Å². The molecule has 1 fully saturated rings. The summed E-state index contributed by atoms with van der Waals surface area (Å²) in [7, 11) is 3.88. The Kier molecular flexibility index (Phi) is 5.36. The molecule has 2 heterocycles. The zero-order valence-corrected chi connectivity index (χ0v) is 19.4. The summed E-state index contributed by atoms with van der Waals surface area (Å²) in [4.78, 5) is 30.0. The van der Waals surface area contributed by atoms with E-state index in [1.807, 2.05) is 92.6 Å². The van der Waals surface area contributed by atoms with Gasteiger partial charge in [-0.25, -0.2) is 0 Å². The fraction of sp³-hybridized carbons (Fsp3) is 0.214. The van der Waals surface area contributed by atoms with Crippen LogP contribution in [-0.2, 0) is 16.0 Å². The molecule has 3 aromatic carbocycles. The molecule has 2 atom stereocenters. The lowest BCUT2D eigenvalue weighted by Crippen LogP contribution is -2.29. The minimum atomic E-state index is -0.741. The van der Waals surface area contributed by atoms with Crippen molar-refractivity contribution in [3.63, 3.8) is 0 Å². The molecule has 0 radical (unpaired) electrons. The molecule has 1 saturated heterocycles. The predicted molar refractivity (Wildman–Crippen MR) is 132 cm³/mol. The maximum Gasteiger partial charge on any atom is 0.300 e. The van der Waals surface area contributed by atoms with Crippen LogP contribution in [0.1, 0.15) is 29.7 Å². The fourth-order valence-electron chi connectivity index (χ4n) is 4.69. The Hall–Kier alpha value is -4.06. The van der Waals surface area contributed by atoms with Gasteiger partial charge < -0.3 is 14.7 Å². The molecule has 2 aliphatic rings. The van der Waals surface area contributed by atoms with Gasteiger partial charge in [-0.05, 0) is 60.5 Å².